The fourth-order valence-electron chi connectivity index (χ4n) is 2.19. The quantitative estimate of drug-likeness (QED) is 0.174. The average Bonchev–Trinajstić information content (AvgIpc) is 3.06. The summed E-state index contributed by atoms with van der Waals surface area (Å²) in [5, 5.41) is 12.4. The van der Waals surface area contributed by atoms with Crippen LogP contribution in [0, 0.1) is 0 Å². The third-order valence-corrected chi connectivity index (χ3v) is 5.07. The third kappa shape index (κ3) is 5.11. The summed E-state index contributed by atoms with van der Waals surface area (Å²) in [6, 6.07) is 14.6. The Bertz CT molecular complexity index is 990. The first-order valence-corrected chi connectivity index (χ1v) is 9.90. The minimum atomic E-state index is -0.0437. The van der Waals surface area contributed by atoms with Gasteiger partial charge in [-0.3, -0.25) is 4.79 Å². The van der Waals surface area contributed by atoms with E-state index in [0.717, 1.165) is 10.0 Å². The molecule has 3 N–H and O–H groups in total. The molecule has 1 heterocycles. The molecule has 0 saturated heterocycles. The fourth-order valence-corrected chi connectivity index (χ4v) is 3.36. The molecule has 144 valence electrons. The van der Waals surface area contributed by atoms with Crippen molar-refractivity contribution in [2.24, 2.45) is 5.10 Å². The van der Waals surface area contributed by atoms with Gasteiger partial charge in [-0.25, -0.2) is 10.1 Å². The lowest BCUT2D eigenvalue weighted by Crippen LogP contribution is -2.14. The Morgan fingerprint density at radius 2 is 2.11 bits per heavy atom. The highest BCUT2D eigenvalue weighted by atomic mass is 79.9. The number of ketones is 1. The maximum atomic E-state index is 12.3. The second-order valence-corrected chi connectivity index (χ2v) is 7.40. The highest BCUT2D eigenvalue weighted by molar-refractivity contribution is 9.10. The van der Waals surface area contributed by atoms with Crippen LogP contribution in [-0.4, -0.2) is 39.7 Å². The second-order valence-electron chi connectivity index (χ2n) is 5.54. The van der Waals surface area contributed by atoms with Gasteiger partial charge in [0.05, 0.1) is 19.1 Å². The molecule has 0 aliphatic rings. The normalized spacial score (nSPS) is 10.9. The largest absolute Gasteiger partial charge is 0.497 e. The Balaban J connectivity index is 1.57. The van der Waals surface area contributed by atoms with Crippen LogP contribution in [0.5, 0.6) is 5.75 Å². The van der Waals surface area contributed by atoms with Crippen LogP contribution in [0.2, 0.25) is 0 Å². The summed E-state index contributed by atoms with van der Waals surface area (Å²) in [5.74, 6) is 7.08. The second kappa shape index (κ2) is 9.38. The van der Waals surface area contributed by atoms with Gasteiger partial charge in [-0.2, -0.15) is 5.10 Å². The van der Waals surface area contributed by atoms with Gasteiger partial charge in [0.1, 0.15) is 5.75 Å². The number of aromatic nitrogens is 3. The monoisotopic (exact) mass is 460 g/mol. The summed E-state index contributed by atoms with van der Waals surface area (Å²) >= 11 is 4.60. The van der Waals surface area contributed by atoms with E-state index in [0.29, 0.717) is 16.5 Å². The van der Waals surface area contributed by atoms with Gasteiger partial charge in [-0.1, -0.05) is 39.8 Å². The SMILES string of the molecule is COc1ccc(C(=O)CSc2nnc(N/N=C/c3cccc(Br)c3)n2N)cc1. The first-order valence-electron chi connectivity index (χ1n) is 8.12. The Labute approximate surface area is 174 Å². The van der Waals surface area contributed by atoms with Crippen LogP contribution in [0.1, 0.15) is 15.9 Å². The standard InChI is InChI=1S/C18H17BrN6O2S/c1-27-15-7-5-13(6-8-15)16(26)11-28-18-24-23-17(25(18)20)22-21-10-12-3-2-4-14(19)9-12/h2-10H,11,20H2,1H3,(H,22,23)/b21-10+. The molecule has 0 fully saturated rings. The zero-order valence-electron chi connectivity index (χ0n) is 14.9. The molecule has 3 rings (SSSR count). The number of carbonyl (C=O) groups excluding carboxylic acids is 1. The first-order chi connectivity index (χ1) is 13.6. The minimum absolute atomic E-state index is 0.0437. The Hall–Kier alpha value is -2.85. The van der Waals surface area contributed by atoms with Crippen molar-refractivity contribution >= 4 is 45.6 Å². The lowest BCUT2D eigenvalue weighted by molar-refractivity contribution is 0.102. The lowest BCUT2D eigenvalue weighted by Gasteiger charge is -2.04. The van der Waals surface area contributed by atoms with Crippen molar-refractivity contribution in [3.05, 3.63) is 64.1 Å². The van der Waals surface area contributed by atoms with Crippen LogP contribution in [0.25, 0.3) is 0 Å². The number of Topliss-reactive ketones (excluding diaryl/α,β-unsaturated/α-hetero) is 1. The maximum Gasteiger partial charge on any atom is 0.264 e. The molecule has 0 aliphatic heterocycles. The number of nitrogens with two attached hydrogens (primary N) is 1. The number of hydrazone groups is 1. The number of hydrogen-bond acceptors (Lipinski definition) is 8. The molecular weight excluding hydrogens is 444 g/mol. The molecule has 0 spiro atoms. The highest BCUT2D eigenvalue weighted by Crippen LogP contribution is 2.19. The number of ether oxygens (including phenoxy) is 1. The maximum absolute atomic E-state index is 12.3. The van der Waals surface area contributed by atoms with Crippen molar-refractivity contribution < 1.29 is 9.53 Å². The van der Waals surface area contributed by atoms with E-state index in [1.54, 1.807) is 37.6 Å². The van der Waals surface area contributed by atoms with Crippen LogP contribution < -0.4 is 16.0 Å². The van der Waals surface area contributed by atoms with E-state index >= 15 is 0 Å². The summed E-state index contributed by atoms with van der Waals surface area (Å²) < 4.78 is 7.30. The van der Waals surface area contributed by atoms with Gasteiger partial charge in [-0.15, -0.1) is 10.2 Å². The number of nitrogen functional groups attached to an aromatic ring is 1. The molecule has 0 aliphatic carbocycles. The number of carbonyl (C=O) groups is 1. The summed E-state index contributed by atoms with van der Waals surface area (Å²) in [6.07, 6.45) is 1.64. The number of halogens is 1. The number of methoxy groups -OCH3 is 1. The summed E-state index contributed by atoms with van der Waals surface area (Å²) in [4.78, 5) is 12.3. The van der Waals surface area contributed by atoms with Crippen LogP contribution in [0.4, 0.5) is 5.95 Å². The van der Waals surface area contributed by atoms with E-state index in [9.17, 15) is 4.79 Å². The fraction of sp³-hybridized carbons (Fsp3) is 0.111. The molecule has 0 bridgehead atoms. The van der Waals surface area contributed by atoms with E-state index in [-0.39, 0.29) is 17.5 Å². The Kier molecular flexibility index (Phi) is 6.66. The van der Waals surface area contributed by atoms with Crippen LogP contribution >= 0.6 is 27.7 Å². The lowest BCUT2D eigenvalue weighted by atomic mass is 10.1. The molecule has 0 unspecified atom stereocenters. The molecular formula is C18H17BrN6O2S. The molecule has 1 aromatic heterocycles. The molecule has 2 aromatic carbocycles. The number of hydrogen-bond donors (Lipinski definition) is 2. The van der Waals surface area contributed by atoms with Gasteiger partial charge in [0.2, 0.25) is 5.16 Å². The number of thioether (sulfide) groups is 1. The number of nitrogens with one attached hydrogen (secondary N) is 1. The number of nitrogens with zero attached hydrogens (tertiary/aromatic N) is 4. The molecule has 0 saturated carbocycles. The van der Waals surface area contributed by atoms with Gasteiger partial charge < -0.3 is 10.6 Å². The van der Waals surface area contributed by atoms with Gasteiger partial charge in [0.25, 0.3) is 5.95 Å². The van der Waals surface area contributed by atoms with Crippen LogP contribution in [-0.2, 0) is 0 Å². The number of rotatable bonds is 8. The molecule has 10 heteroatoms. The Morgan fingerprint density at radius 1 is 1.32 bits per heavy atom. The van der Waals surface area contributed by atoms with E-state index in [1.807, 2.05) is 24.3 Å². The highest BCUT2D eigenvalue weighted by Gasteiger charge is 2.13. The number of anilines is 1. The van der Waals surface area contributed by atoms with Crippen molar-refractivity contribution in [1.82, 2.24) is 14.9 Å². The number of benzene rings is 2. The van der Waals surface area contributed by atoms with Crippen LogP contribution in [0.15, 0.2) is 63.3 Å². The minimum Gasteiger partial charge on any atom is -0.497 e. The predicted molar refractivity (Wildman–Crippen MR) is 114 cm³/mol. The van der Waals surface area contributed by atoms with E-state index in [2.05, 4.69) is 36.7 Å². The van der Waals surface area contributed by atoms with Crippen molar-refractivity contribution in [2.45, 2.75) is 5.16 Å². The Morgan fingerprint density at radius 3 is 2.82 bits per heavy atom. The summed E-state index contributed by atoms with van der Waals surface area (Å²) in [5.41, 5.74) is 4.24. The summed E-state index contributed by atoms with van der Waals surface area (Å²) in [7, 11) is 1.58. The molecule has 0 amide bonds. The molecule has 8 nitrogen and oxygen atoms in total. The molecule has 3 aromatic rings. The van der Waals surface area contributed by atoms with Gasteiger partial charge in [-0.05, 0) is 42.0 Å². The van der Waals surface area contributed by atoms with Gasteiger partial charge >= 0.3 is 0 Å². The third-order valence-electron chi connectivity index (χ3n) is 3.64. The topological polar surface area (TPSA) is 107 Å². The van der Waals surface area contributed by atoms with E-state index in [1.165, 1.54) is 16.4 Å². The van der Waals surface area contributed by atoms with Crippen molar-refractivity contribution in [2.75, 3.05) is 24.1 Å². The zero-order chi connectivity index (χ0) is 19.9. The zero-order valence-corrected chi connectivity index (χ0v) is 17.3. The van der Waals surface area contributed by atoms with E-state index in [4.69, 9.17) is 10.6 Å². The van der Waals surface area contributed by atoms with Gasteiger partial charge in [0.15, 0.2) is 5.78 Å². The molecule has 28 heavy (non-hydrogen) atoms. The smallest absolute Gasteiger partial charge is 0.264 e. The van der Waals surface area contributed by atoms with Crippen LogP contribution in [0.3, 0.4) is 0 Å². The van der Waals surface area contributed by atoms with E-state index < -0.39 is 0 Å². The molecule has 0 atom stereocenters. The van der Waals surface area contributed by atoms with Crippen molar-refractivity contribution in [1.29, 1.82) is 0 Å². The van der Waals surface area contributed by atoms with Gasteiger partial charge in [0, 0.05) is 10.0 Å². The summed E-state index contributed by atoms with van der Waals surface area (Å²) in [6.45, 7) is 0. The first kappa shape index (κ1) is 19.9. The average molecular weight is 461 g/mol. The van der Waals surface area contributed by atoms with Crippen molar-refractivity contribution in [3.63, 3.8) is 0 Å². The predicted octanol–water partition coefficient (Wildman–Crippen LogP) is 3.18. The van der Waals surface area contributed by atoms with Crippen molar-refractivity contribution in [3.8, 4) is 5.75 Å². The molecule has 0 radical (unpaired) electrons.